The maximum Gasteiger partial charge on any atom is 0.276 e. The van der Waals surface area contributed by atoms with Crippen LogP contribution in [-0.4, -0.2) is 37.6 Å². The third-order valence-corrected chi connectivity index (χ3v) is 5.53. The number of likely N-dealkylation sites (tertiary alicyclic amines) is 1. The van der Waals surface area contributed by atoms with Crippen LogP contribution in [0, 0.1) is 13.8 Å². The van der Waals surface area contributed by atoms with Gasteiger partial charge in [-0.3, -0.25) is 19.8 Å². The highest BCUT2D eigenvalue weighted by Crippen LogP contribution is 2.28. The predicted molar refractivity (Wildman–Crippen MR) is 102 cm³/mol. The lowest BCUT2D eigenvalue weighted by molar-refractivity contribution is 0.325. The minimum absolute atomic E-state index is 0.0310. The molecule has 1 saturated heterocycles. The maximum absolute atomic E-state index is 12.6. The van der Waals surface area contributed by atoms with Crippen molar-refractivity contribution in [3.8, 4) is 0 Å². The van der Waals surface area contributed by atoms with Crippen molar-refractivity contribution in [2.45, 2.75) is 46.1 Å². The molecule has 26 heavy (non-hydrogen) atoms. The lowest BCUT2D eigenvalue weighted by atomic mass is 10.1. The highest BCUT2D eigenvalue weighted by atomic mass is 16.1. The summed E-state index contributed by atoms with van der Waals surface area (Å²) < 4.78 is 1.61. The Morgan fingerprint density at radius 2 is 2.19 bits per heavy atom. The average molecular weight is 351 g/mol. The molecule has 0 saturated carbocycles. The van der Waals surface area contributed by atoms with Crippen molar-refractivity contribution < 1.29 is 0 Å². The molecule has 3 aromatic heterocycles. The molecule has 0 spiro atoms. The SMILES string of the molecule is CCc1c(C)nc2cc([C@@H]3CCN(Cc4ccncc4C)C3)[nH]n2c1=O. The van der Waals surface area contributed by atoms with Gasteiger partial charge in [-0.05, 0) is 50.4 Å². The van der Waals surface area contributed by atoms with Crippen molar-refractivity contribution in [3.63, 3.8) is 0 Å². The number of nitrogens with one attached hydrogen (secondary N) is 1. The Kier molecular flexibility index (Phi) is 4.36. The standard InChI is InChI=1S/C20H25N5O/c1-4-17-14(3)22-19-9-18(23-25(19)20(17)26)16-6-8-24(12-16)11-15-5-7-21-10-13(15)2/h5,7,9-10,16,23H,4,6,8,11-12H2,1-3H3/t16-/m1/s1. The number of hydrogen-bond donors (Lipinski definition) is 1. The molecule has 4 rings (SSSR count). The molecule has 0 amide bonds. The highest BCUT2D eigenvalue weighted by molar-refractivity contribution is 5.42. The molecule has 6 heteroatoms. The van der Waals surface area contributed by atoms with Crippen LogP contribution in [0.2, 0.25) is 0 Å². The van der Waals surface area contributed by atoms with Crippen LogP contribution < -0.4 is 5.56 Å². The minimum Gasteiger partial charge on any atom is -0.298 e. The Balaban J connectivity index is 1.56. The summed E-state index contributed by atoms with van der Waals surface area (Å²) in [6, 6.07) is 4.14. The van der Waals surface area contributed by atoms with E-state index in [1.54, 1.807) is 4.52 Å². The van der Waals surface area contributed by atoms with Gasteiger partial charge in [-0.25, -0.2) is 9.50 Å². The molecular weight excluding hydrogens is 326 g/mol. The Morgan fingerprint density at radius 3 is 2.96 bits per heavy atom. The Labute approximate surface area is 152 Å². The van der Waals surface area contributed by atoms with E-state index in [1.165, 1.54) is 11.1 Å². The second-order valence-corrected chi connectivity index (χ2v) is 7.26. The molecule has 6 nitrogen and oxygen atoms in total. The number of aryl methyl sites for hydroxylation is 2. The first-order chi connectivity index (χ1) is 12.6. The number of fused-ring (bicyclic) bond motifs is 1. The van der Waals surface area contributed by atoms with Crippen LogP contribution in [0.3, 0.4) is 0 Å². The van der Waals surface area contributed by atoms with Crippen molar-refractivity contribution >= 4 is 5.65 Å². The van der Waals surface area contributed by atoms with Gasteiger partial charge in [-0.1, -0.05) is 6.92 Å². The van der Waals surface area contributed by atoms with Gasteiger partial charge < -0.3 is 0 Å². The van der Waals surface area contributed by atoms with E-state index in [0.29, 0.717) is 12.3 Å². The number of aromatic amines is 1. The topological polar surface area (TPSA) is 66.3 Å². The third-order valence-electron chi connectivity index (χ3n) is 5.53. The fraction of sp³-hybridized carbons (Fsp3) is 0.450. The first kappa shape index (κ1) is 17.0. The minimum atomic E-state index is 0.0310. The predicted octanol–water partition coefficient (Wildman–Crippen LogP) is 2.59. The summed E-state index contributed by atoms with van der Waals surface area (Å²) in [5.41, 5.74) is 6.06. The van der Waals surface area contributed by atoms with Crippen molar-refractivity contribution in [3.05, 3.63) is 63.0 Å². The third kappa shape index (κ3) is 2.94. The quantitative estimate of drug-likeness (QED) is 0.785. The normalized spacial score (nSPS) is 18.0. The first-order valence-electron chi connectivity index (χ1n) is 9.29. The van der Waals surface area contributed by atoms with Crippen molar-refractivity contribution in [1.29, 1.82) is 0 Å². The van der Waals surface area contributed by atoms with Crippen LogP contribution in [0.1, 0.15) is 47.3 Å². The van der Waals surface area contributed by atoms with E-state index >= 15 is 0 Å². The summed E-state index contributed by atoms with van der Waals surface area (Å²) in [6.07, 6.45) is 5.58. The van der Waals surface area contributed by atoms with E-state index in [9.17, 15) is 4.79 Å². The summed E-state index contributed by atoms with van der Waals surface area (Å²) in [7, 11) is 0. The molecule has 1 aliphatic heterocycles. The molecule has 0 aliphatic carbocycles. The van der Waals surface area contributed by atoms with E-state index < -0.39 is 0 Å². The summed E-state index contributed by atoms with van der Waals surface area (Å²) in [4.78, 5) is 23.9. The largest absolute Gasteiger partial charge is 0.298 e. The van der Waals surface area contributed by atoms with Crippen molar-refractivity contribution in [2.75, 3.05) is 13.1 Å². The summed E-state index contributed by atoms with van der Waals surface area (Å²) in [6.45, 7) is 9.02. The van der Waals surface area contributed by atoms with Crippen LogP contribution in [0.4, 0.5) is 0 Å². The van der Waals surface area contributed by atoms with Crippen LogP contribution in [0.25, 0.3) is 5.65 Å². The van der Waals surface area contributed by atoms with Crippen LogP contribution in [-0.2, 0) is 13.0 Å². The summed E-state index contributed by atoms with van der Waals surface area (Å²) in [5, 5.41) is 3.31. The van der Waals surface area contributed by atoms with Gasteiger partial charge in [0.05, 0.1) is 0 Å². The Morgan fingerprint density at radius 1 is 1.35 bits per heavy atom. The number of pyridine rings is 1. The number of rotatable bonds is 4. The fourth-order valence-electron chi connectivity index (χ4n) is 3.96. The van der Waals surface area contributed by atoms with E-state index in [4.69, 9.17) is 0 Å². The molecule has 1 atom stereocenters. The molecule has 1 fully saturated rings. The molecule has 0 aromatic carbocycles. The van der Waals surface area contributed by atoms with Gasteiger partial charge in [0.1, 0.15) is 0 Å². The number of hydrogen-bond acceptors (Lipinski definition) is 4. The number of nitrogens with zero attached hydrogens (tertiary/aromatic N) is 4. The monoisotopic (exact) mass is 351 g/mol. The van der Waals surface area contributed by atoms with Gasteiger partial charge in [0.25, 0.3) is 5.56 Å². The molecule has 3 aromatic rings. The average Bonchev–Trinajstić information content (AvgIpc) is 3.24. The van der Waals surface area contributed by atoms with E-state index in [2.05, 4.69) is 33.0 Å². The zero-order valence-corrected chi connectivity index (χ0v) is 15.6. The van der Waals surface area contributed by atoms with Gasteiger partial charge in [0, 0.05) is 54.4 Å². The molecule has 1 aliphatic rings. The molecule has 0 radical (unpaired) electrons. The highest BCUT2D eigenvalue weighted by Gasteiger charge is 2.26. The van der Waals surface area contributed by atoms with Gasteiger partial charge in [-0.15, -0.1) is 0 Å². The van der Waals surface area contributed by atoms with Crippen molar-refractivity contribution in [2.24, 2.45) is 0 Å². The van der Waals surface area contributed by atoms with E-state index in [0.717, 1.165) is 48.7 Å². The second-order valence-electron chi connectivity index (χ2n) is 7.26. The van der Waals surface area contributed by atoms with Crippen LogP contribution in [0.15, 0.2) is 29.3 Å². The van der Waals surface area contributed by atoms with Gasteiger partial charge >= 0.3 is 0 Å². The first-order valence-corrected chi connectivity index (χ1v) is 9.29. The van der Waals surface area contributed by atoms with Gasteiger partial charge in [0.2, 0.25) is 0 Å². The number of aromatic nitrogens is 4. The fourth-order valence-corrected chi connectivity index (χ4v) is 3.96. The van der Waals surface area contributed by atoms with E-state index in [1.807, 2.05) is 32.3 Å². The molecule has 136 valence electrons. The molecular formula is C20H25N5O. The molecule has 4 heterocycles. The zero-order chi connectivity index (χ0) is 18.3. The van der Waals surface area contributed by atoms with E-state index in [-0.39, 0.29) is 5.56 Å². The summed E-state index contributed by atoms with van der Waals surface area (Å²) >= 11 is 0. The van der Waals surface area contributed by atoms with Crippen molar-refractivity contribution in [1.82, 2.24) is 24.5 Å². The van der Waals surface area contributed by atoms with Gasteiger partial charge in [-0.2, -0.15) is 0 Å². The van der Waals surface area contributed by atoms with Crippen LogP contribution in [0.5, 0.6) is 0 Å². The Hall–Kier alpha value is -2.47. The zero-order valence-electron chi connectivity index (χ0n) is 15.6. The lowest BCUT2D eigenvalue weighted by Gasteiger charge is -2.16. The number of H-pyrrole nitrogens is 1. The smallest absolute Gasteiger partial charge is 0.276 e. The molecule has 0 unspecified atom stereocenters. The summed E-state index contributed by atoms with van der Waals surface area (Å²) in [5.74, 6) is 0.406. The second kappa shape index (κ2) is 6.68. The lowest BCUT2D eigenvalue weighted by Crippen LogP contribution is -2.22. The Bertz CT molecular complexity index is 1000. The van der Waals surface area contributed by atoms with Gasteiger partial charge in [0.15, 0.2) is 5.65 Å². The molecule has 1 N–H and O–H groups in total. The maximum atomic E-state index is 12.6. The molecule has 0 bridgehead atoms. The van der Waals surface area contributed by atoms with Crippen LogP contribution >= 0.6 is 0 Å².